The van der Waals surface area contributed by atoms with Crippen LogP contribution < -0.4 is 15.8 Å². The van der Waals surface area contributed by atoms with E-state index in [2.05, 4.69) is 5.32 Å². The first kappa shape index (κ1) is 13.8. The minimum absolute atomic E-state index is 0.0187. The minimum Gasteiger partial charge on any atom is -0.483 e. The van der Waals surface area contributed by atoms with Gasteiger partial charge in [0.05, 0.1) is 0 Å². The highest BCUT2D eigenvalue weighted by Crippen LogP contribution is 2.27. The molecule has 0 aromatic heterocycles. The summed E-state index contributed by atoms with van der Waals surface area (Å²) in [5.41, 5.74) is 6.60. The van der Waals surface area contributed by atoms with Gasteiger partial charge in [-0.25, -0.2) is 0 Å². The molecule has 0 aliphatic carbocycles. The second-order valence-electron chi connectivity index (χ2n) is 3.71. The highest BCUT2D eigenvalue weighted by Gasteiger charge is 2.10. The Bertz CT molecular complexity index is 394. The van der Waals surface area contributed by atoms with Crippen molar-refractivity contribution in [3.05, 3.63) is 28.8 Å². The Morgan fingerprint density at radius 2 is 2.29 bits per heavy atom. The van der Waals surface area contributed by atoms with Gasteiger partial charge in [-0.15, -0.1) is 0 Å². The number of rotatable bonds is 5. The highest BCUT2D eigenvalue weighted by molar-refractivity contribution is 6.30. The molecule has 94 valence electrons. The van der Waals surface area contributed by atoms with Crippen LogP contribution in [0.5, 0.6) is 5.75 Å². The van der Waals surface area contributed by atoms with Crippen LogP contribution in [0, 0.1) is 0 Å². The zero-order valence-electron chi connectivity index (χ0n) is 10.00. The van der Waals surface area contributed by atoms with Gasteiger partial charge in [0.2, 0.25) is 0 Å². The Balaban J connectivity index is 2.73. The zero-order chi connectivity index (χ0) is 12.8. The molecule has 0 saturated heterocycles. The molecule has 5 heteroatoms. The van der Waals surface area contributed by atoms with Crippen LogP contribution in [-0.4, -0.2) is 19.1 Å². The van der Waals surface area contributed by atoms with E-state index in [1.165, 1.54) is 0 Å². The largest absolute Gasteiger partial charge is 0.483 e. The summed E-state index contributed by atoms with van der Waals surface area (Å²) in [4.78, 5) is 11.3. The molecule has 1 atom stereocenters. The van der Waals surface area contributed by atoms with E-state index in [4.69, 9.17) is 22.1 Å². The van der Waals surface area contributed by atoms with E-state index in [9.17, 15) is 4.79 Å². The number of nitrogens with one attached hydrogen (secondary N) is 1. The summed E-state index contributed by atoms with van der Waals surface area (Å²) in [5, 5.41) is 3.25. The summed E-state index contributed by atoms with van der Waals surface area (Å²) in [7, 11) is 0. The summed E-state index contributed by atoms with van der Waals surface area (Å²) in [6.07, 6.45) is 0. The Hall–Kier alpha value is -1.26. The maximum atomic E-state index is 11.3. The van der Waals surface area contributed by atoms with Crippen LogP contribution in [0.3, 0.4) is 0 Å². The van der Waals surface area contributed by atoms with Crippen LogP contribution in [0.4, 0.5) is 0 Å². The molecule has 0 bridgehead atoms. The summed E-state index contributed by atoms with van der Waals surface area (Å²) in [5.74, 6) is 0.439. The molecule has 0 unspecified atom stereocenters. The molecule has 0 saturated carbocycles. The number of halogens is 1. The molecule has 1 rings (SSSR count). The van der Waals surface area contributed by atoms with Gasteiger partial charge < -0.3 is 15.8 Å². The lowest BCUT2D eigenvalue weighted by Gasteiger charge is -2.14. The number of amides is 1. The normalized spacial score (nSPS) is 12.0. The summed E-state index contributed by atoms with van der Waals surface area (Å²) >= 11 is 5.88. The van der Waals surface area contributed by atoms with Gasteiger partial charge in [0, 0.05) is 23.2 Å². The number of nitrogens with two attached hydrogens (primary N) is 1. The van der Waals surface area contributed by atoms with Crippen molar-refractivity contribution in [3.63, 3.8) is 0 Å². The van der Waals surface area contributed by atoms with Crippen LogP contribution in [0.1, 0.15) is 25.5 Å². The van der Waals surface area contributed by atoms with Gasteiger partial charge in [-0.1, -0.05) is 11.6 Å². The van der Waals surface area contributed by atoms with Gasteiger partial charge >= 0.3 is 0 Å². The number of ether oxygens (including phenoxy) is 1. The molecule has 3 N–H and O–H groups in total. The molecule has 0 fully saturated rings. The zero-order valence-corrected chi connectivity index (χ0v) is 10.8. The molecule has 0 spiro atoms. The summed E-state index contributed by atoms with van der Waals surface area (Å²) < 4.78 is 5.42. The van der Waals surface area contributed by atoms with Crippen LogP contribution in [0.15, 0.2) is 18.2 Å². The van der Waals surface area contributed by atoms with Crippen LogP contribution >= 0.6 is 11.6 Å². The third kappa shape index (κ3) is 4.24. The standard InChI is InChI=1S/C12H17ClN2O2/c1-3-15-12(16)7-17-11-5-4-9(13)6-10(11)8(2)14/h4-6,8H,3,7,14H2,1-2H3,(H,15,16)/t8-/m1/s1. The molecule has 1 aromatic rings. The van der Waals surface area contributed by atoms with Crippen LogP contribution in [0.25, 0.3) is 0 Å². The minimum atomic E-state index is -0.196. The van der Waals surface area contributed by atoms with Crippen LogP contribution in [-0.2, 0) is 4.79 Å². The van der Waals surface area contributed by atoms with Gasteiger partial charge in [-0.3, -0.25) is 4.79 Å². The first-order chi connectivity index (χ1) is 8.04. The third-order valence-corrected chi connectivity index (χ3v) is 2.43. The maximum absolute atomic E-state index is 11.3. The second-order valence-corrected chi connectivity index (χ2v) is 4.15. The Morgan fingerprint density at radius 3 is 2.88 bits per heavy atom. The Kier molecular flexibility index (Phi) is 5.25. The van der Waals surface area contributed by atoms with Crippen molar-refractivity contribution in [2.75, 3.05) is 13.2 Å². The van der Waals surface area contributed by atoms with Gasteiger partial charge in [-0.05, 0) is 32.0 Å². The summed E-state index contributed by atoms with van der Waals surface area (Å²) in [6, 6.07) is 4.98. The fraction of sp³-hybridized carbons (Fsp3) is 0.417. The monoisotopic (exact) mass is 256 g/mol. The smallest absolute Gasteiger partial charge is 0.257 e. The molecule has 17 heavy (non-hydrogen) atoms. The fourth-order valence-corrected chi connectivity index (χ4v) is 1.58. The third-order valence-electron chi connectivity index (χ3n) is 2.20. The predicted molar refractivity (Wildman–Crippen MR) is 68.2 cm³/mol. The lowest BCUT2D eigenvalue weighted by molar-refractivity contribution is -0.122. The van der Waals surface area contributed by atoms with Gasteiger partial charge in [0.25, 0.3) is 5.91 Å². The number of likely N-dealkylation sites (N-methyl/N-ethyl adjacent to an activating group) is 1. The number of carbonyl (C=O) groups is 1. The van der Waals surface area contributed by atoms with Crippen molar-refractivity contribution < 1.29 is 9.53 Å². The van der Waals surface area contributed by atoms with Gasteiger partial charge in [-0.2, -0.15) is 0 Å². The van der Waals surface area contributed by atoms with Crippen molar-refractivity contribution >= 4 is 17.5 Å². The van der Waals surface area contributed by atoms with E-state index < -0.39 is 0 Å². The van der Waals surface area contributed by atoms with E-state index in [0.29, 0.717) is 17.3 Å². The fourth-order valence-electron chi connectivity index (χ4n) is 1.40. The quantitative estimate of drug-likeness (QED) is 0.845. The van der Waals surface area contributed by atoms with E-state index in [1.807, 2.05) is 13.8 Å². The molecular formula is C12H17ClN2O2. The van der Waals surface area contributed by atoms with E-state index in [-0.39, 0.29) is 18.6 Å². The van der Waals surface area contributed by atoms with Gasteiger partial charge in [0.15, 0.2) is 6.61 Å². The molecule has 0 aliphatic rings. The van der Waals surface area contributed by atoms with Crippen molar-refractivity contribution in [1.82, 2.24) is 5.32 Å². The molecule has 0 aliphatic heterocycles. The highest BCUT2D eigenvalue weighted by atomic mass is 35.5. The van der Waals surface area contributed by atoms with Crippen molar-refractivity contribution in [3.8, 4) is 5.75 Å². The number of hydrogen-bond donors (Lipinski definition) is 2. The SMILES string of the molecule is CCNC(=O)COc1ccc(Cl)cc1[C@@H](C)N. The number of hydrogen-bond acceptors (Lipinski definition) is 3. The van der Waals surface area contributed by atoms with E-state index in [0.717, 1.165) is 5.56 Å². The molecular weight excluding hydrogens is 240 g/mol. The average molecular weight is 257 g/mol. The lowest BCUT2D eigenvalue weighted by Crippen LogP contribution is -2.28. The maximum Gasteiger partial charge on any atom is 0.257 e. The first-order valence-electron chi connectivity index (χ1n) is 5.49. The number of benzene rings is 1. The Labute approximate surface area is 106 Å². The second kappa shape index (κ2) is 6.47. The van der Waals surface area contributed by atoms with Crippen molar-refractivity contribution in [1.29, 1.82) is 0 Å². The lowest BCUT2D eigenvalue weighted by atomic mass is 10.1. The number of carbonyl (C=O) groups excluding carboxylic acids is 1. The first-order valence-corrected chi connectivity index (χ1v) is 5.87. The Morgan fingerprint density at radius 1 is 1.59 bits per heavy atom. The molecule has 1 aromatic carbocycles. The van der Waals surface area contributed by atoms with Crippen molar-refractivity contribution in [2.24, 2.45) is 5.73 Å². The predicted octanol–water partition coefficient (Wildman–Crippen LogP) is 1.87. The van der Waals surface area contributed by atoms with Gasteiger partial charge in [0.1, 0.15) is 5.75 Å². The topological polar surface area (TPSA) is 64.3 Å². The average Bonchev–Trinajstić information content (AvgIpc) is 2.27. The van der Waals surface area contributed by atoms with E-state index >= 15 is 0 Å². The molecule has 4 nitrogen and oxygen atoms in total. The van der Waals surface area contributed by atoms with Crippen molar-refractivity contribution in [2.45, 2.75) is 19.9 Å². The molecule has 1 amide bonds. The molecule has 0 heterocycles. The van der Waals surface area contributed by atoms with Crippen LogP contribution in [0.2, 0.25) is 5.02 Å². The summed E-state index contributed by atoms with van der Waals surface area (Å²) in [6.45, 7) is 4.26. The molecule has 0 radical (unpaired) electrons. The van der Waals surface area contributed by atoms with E-state index in [1.54, 1.807) is 18.2 Å².